The first kappa shape index (κ1) is 17.1. The normalized spacial score (nSPS) is 16.8. The van der Waals surface area contributed by atoms with E-state index in [1.54, 1.807) is 0 Å². The molecule has 0 saturated carbocycles. The van der Waals surface area contributed by atoms with Gasteiger partial charge in [0, 0.05) is 11.3 Å². The summed E-state index contributed by atoms with van der Waals surface area (Å²) < 4.78 is 6.56. The maximum Gasteiger partial charge on any atom is 0.151 e. The zero-order valence-electron chi connectivity index (χ0n) is 17.1. The molecule has 0 aliphatic carbocycles. The highest BCUT2D eigenvalue weighted by molar-refractivity contribution is 5.85. The number of nitrogens with zero attached hydrogens (tertiary/aromatic N) is 1. The van der Waals surface area contributed by atoms with Crippen LogP contribution >= 0.6 is 0 Å². The molecule has 1 unspecified atom stereocenters. The Bertz CT molecular complexity index is 1160. The van der Waals surface area contributed by atoms with Crippen LogP contribution in [0, 0.1) is 27.7 Å². The van der Waals surface area contributed by atoms with Gasteiger partial charge in [-0.3, -0.25) is 0 Å². The van der Waals surface area contributed by atoms with Crippen molar-refractivity contribution in [3.8, 4) is 11.5 Å². The third-order valence-electron chi connectivity index (χ3n) is 6.24. The molecular formula is C26H25NO. The second kappa shape index (κ2) is 6.00. The fourth-order valence-electron chi connectivity index (χ4n) is 4.43. The van der Waals surface area contributed by atoms with Crippen LogP contribution in [0.4, 0.5) is 11.4 Å². The van der Waals surface area contributed by atoms with Gasteiger partial charge in [0.2, 0.25) is 0 Å². The summed E-state index contributed by atoms with van der Waals surface area (Å²) in [5.41, 5.74) is 11.3. The summed E-state index contributed by atoms with van der Waals surface area (Å²) in [6, 6.07) is 17.7. The van der Waals surface area contributed by atoms with E-state index in [2.05, 4.69) is 94.1 Å². The van der Waals surface area contributed by atoms with E-state index in [1.165, 1.54) is 44.6 Å². The lowest BCUT2D eigenvalue weighted by atomic mass is 9.88. The molecule has 0 amide bonds. The summed E-state index contributed by atoms with van der Waals surface area (Å²) in [5, 5.41) is 0. The number of ether oxygens (including phenoxy) is 1. The standard InChI is InChI=1S/C26H25NO/c1-15-11-21-24(13-17(15)3)28-25-14-18(4)16(2)12-23(25)27-22-9-7-6-8-20(22)10-19(5)26(21)27/h6-14,26H,1-5H3. The SMILES string of the molecule is CC1=Cc2ccccc2N2c3cc(C)c(C)cc3Oc3cc(C)c(C)cc3C12. The number of aryl methyl sites for hydroxylation is 4. The second-order valence-corrected chi connectivity index (χ2v) is 8.20. The minimum atomic E-state index is 0.132. The zero-order chi connectivity index (χ0) is 19.6. The molecule has 0 fully saturated rings. The summed E-state index contributed by atoms with van der Waals surface area (Å²) in [6.45, 7) is 10.9. The van der Waals surface area contributed by atoms with Crippen molar-refractivity contribution in [2.45, 2.75) is 40.7 Å². The van der Waals surface area contributed by atoms with Gasteiger partial charge in [0.05, 0.1) is 11.7 Å². The summed E-state index contributed by atoms with van der Waals surface area (Å²) in [7, 11) is 0. The highest BCUT2D eigenvalue weighted by Gasteiger charge is 2.35. The van der Waals surface area contributed by atoms with E-state index in [-0.39, 0.29) is 6.04 Å². The predicted octanol–water partition coefficient (Wildman–Crippen LogP) is 7.32. The lowest BCUT2D eigenvalue weighted by Crippen LogP contribution is -2.27. The van der Waals surface area contributed by atoms with Gasteiger partial charge in [0.1, 0.15) is 5.75 Å². The van der Waals surface area contributed by atoms with Gasteiger partial charge in [-0.1, -0.05) is 24.3 Å². The van der Waals surface area contributed by atoms with Crippen molar-refractivity contribution in [3.63, 3.8) is 0 Å². The minimum Gasteiger partial charge on any atom is -0.455 e. The molecule has 3 aromatic rings. The molecule has 0 radical (unpaired) electrons. The van der Waals surface area contributed by atoms with Gasteiger partial charge in [-0.05, 0) is 98.3 Å². The molecule has 2 nitrogen and oxygen atoms in total. The molecular weight excluding hydrogens is 342 g/mol. The van der Waals surface area contributed by atoms with E-state index in [9.17, 15) is 0 Å². The van der Waals surface area contributed by atoms with Crippen LogP contribution < -0.4 is 9.64 Å². The van der Waals surface area contributed by atoms with E-state index in [0.717, 1.165) is 17.2 Å². The van der Waals surface area contributed by atoms with E-state index >= 15 is 0 Å². The highest BCUT2D eigenvalue weighted by atomic mass is 16.5. The Morgan fingerprint density at radius 2 is 1.36 bits per heavy atom. The maximum atomic E-state index is 6.56. The van der Waals surface area contributed by atoms with Crippen molar-refractivity contribution in [2.24, 2.45) is 0 Å². The Balaban J connectivity index is 1.88. The zero-order valence-corrected chi connectivity index (χ0v) is 17.1. The van der Waals surface area contributed by atoms with Crippen molar-refractivity contribution in [2.75, 3.05) is 4.90 Å². The van der Waals surface area contributed by atoms with Crippen LogP contribution in [0.5, 0.6) is 11.5 Å². The van der Waals surface area contributed by atoms with Gasteiger partial charge in [-0.2, -0.15) is 0 Å². The van der Waals surface area contributed by atoms with Crippen LogP contribution in [0.1, 0.15) is 46.3 Å². The summed E-state index contributed by atoms with van der Waals surface area (Å²) in [4.78, 5) is 2.47. The van der Waals surface area contributed by atoms with Crippen LogP contribution in [-0.2, 0) is 0 Å². The third kappa shape index (κ3) is 2.41. The number of fused-ring (bicyclic) bond motifs is 7. The molecule has 2 heterocycles. The molecule has 2 heteroatoms. The molecule has 0 aromatic heterocycles. The fourth-order valence-corrected chi connectivity index (χ4v) is 4.43. The monoisotopic (exact) mass is 367 g/mol. The number of rotatable bonds is 0. The Kier molecular flexibility index (Phi) is 3.67. The molecule has 2 aliphatic rings. The summed E-state index contributed by atoms with van der Waals surface area (Å²) >= 11 is 0. The van der Waals surface area contributed by atoms with Crippen molar-refractivity contribution in [3.05, 3.63) is 87.5 Å². The van der Waals surface area contributed by atoms with Crippen LogP contribution in [0.3, 0.4) is 0 Å². The van der Waals surface area contributed by atoms with E-state index < -0.39 is 0 Å². The average molecular weight is 367 g/mol. The number of benzene rings is 3. The number of hydrogen-bond acceptors (Lipinski definition) is 2. The first-order valence-electron chi connectivity index (χ1n) is 9.91. The van der Waals surface area contributed by atoms with Gasteiger partial charge in [0.25, 0.3) is 0 Å². The van der Waals surface area contributed by atoms with Crippen molar-refractivity contribution in [1.29, 1.82) is 0 Å². The second-order valence-electron chi connectivity index (χ2n) is 8.20. The van der Waals surface area contributed by atoms with Gasteiger partial charge < -0.3 is 9.64 Å². The van der Waals surface area contributed by atoms with Crippen molar-refractivity contribution in [1.82, 2.24) is 0 Å². The average Bonchev–Trinajstić information content (AvgIpc) is 2.78. The Labute approximate surface area is 167 Å². The summed E-state index contributed by atoms with van der Waals surface area (Å²) in [5.74, 6) is 1.90. The molecule has 5 rings (SSSR count). The molecule has 28 heavy (non-hydrogen) atoms. The minimum absolute atomic E-state index is 0.132. The van der Waals surface area contributed by atoms with E-state index in [0.29, 0.717) is 0 Å². The Morgan fingerprint density at radius 3 is 2.14 bits per heavy atom. The molecule has 3 aromatic carbocycles. The third-order valence-corrected chi connectivity index (χ3v) is 6.24. The molecule has 0 N–H and O–H groups in total. The van der Waals surface area contributed by atoms with Crippen LogP contribution in [0.25, 0.3) is 6.08 Å². The lowest BCUT2D eigenvalue weighted by molar-refractivity contribution is 0.481. The molecule has 1 atom stereocenters. The largest absolute Gasteiger partial charge is 0.455 e. The molecule has 0 saturated heterocycles. The predicted molar refractivity (Wildman–Crippen MR) is 117 cm³/mol. The first-order valence-corrected chi connectivity index (χ1v) is 9.91. The maximum absolute atomic E-state index is 6.56. The topological polar surface area (TPSA) is 12.5 Å². The van der Waals surface area contributed by atoms with Gasteiger partial charge in [-0.25, -0.2) is 0 Å². The number of hydrogen-bond donors (Lipinski definition) is 0. The van der Waals surface area contributed by atoms with Crippen molar-refractivity contribution < 1.29 is 4.74 Å². The molecule has 0 bridgehead atoms. The lowest BCUT2D eigenvalue weighted by Gasteiger charge is -2.38. The molecule has 140 valence electrons. The van der Waals surface area contributed by atoms with E-state index in [1.807, 2.05) is 0 Å². The Morgan fingerprint density at radius 1 is 0.714 bits per heavy atom. The molecule has 0 spiro atoms. The van der Waals surface area contributed by atoms with Gasteiger partial charge in [-0.15, -0.1) is 0 Å². The van der Waals surface area contributed by atoms with Crippen molar-refractivity contribution >= 4 is 17.5 Å². The number of anilines is 2. The van der Waals surface area contributed by atoms with Crippen LogP contribution in [0.2, 0.25) is 0 Å². The number of para-hydroxylation sites is 1. The molecule has 2 aliphatic heterocycles. The summed E-state index contributed by atoms with van der Waals surface area (Å²) in [6.07, 6.45) is 2.32. The smallest absolute Gasteiger partial charge is 0.151 e. The van der Waals surface area contributed by atoms with Crippen LogP contribution in [0.15, 0.2) is 54.1 Å². The van der Waals surface area contributed by atoms with Crippen LogP contribution in [-0.4, -0.2) is 0 Å². The first-order chi connectivity index (χ1) is 13.4. The highest BCUT2D eigenvalue weighted by Crippen LogP contribution is 2.54. The van der Waals surface area contributed by atoms with Gasteiger partial charge in [0.15, 0.2) is 5.75 Å². The van der Waals surface area contributed by atoms with E-state index in [4.69, 9.17) is 4.74 Å². The quantitative estimate of drug-likeness (QED) is 0.412. The van der Waals surface area contributed by atoms with Gasteiger partial charge >= 0.3 is 0 Å². The Hall–Kier alpha value is -3.00. The fraction of sp³-hybridized carbons (Fsp3) is 0.231.